The van der Waals surface area contributed by atoms with Gasteiger partial charge in [0.15, 0.2) is 0 Å². The van der Waals surface area contributed by atoms with Crippen molar-refractivity contribution in [2.75, 3.05) is 36.1 Å². The molecule has 1 amide bonds. The smallest absolute Gasteiger partial charge is 0.284 e. The summed E-state index contributed by atoms with van der Waals surface area (Å²) in [6, 6.07) is 15.0. The van der Waals surface area contributed by atoms with E-state index in [-0.39, 0.29) is 0 Å². The third-order valence-electron chi connectivity index (χ3n) is 4.77. The van der Waals surface area contributed by atoms with Crippen LogP contribution in [0.3, 0.4) is 0 Å². The Kier molecular flexibility index (Phi) is 5.36. The van der Waals surface area contributed by atoms with Crippen molar-refractivity contribution in [3.05, 3.63) is 54.1 Å². The van der Waals surface area contributed by atoms with Gasteiger partial charge in [0, 0.05) is 6.54 Å². The van der Waals surface area contributed by atoms with Gasteiger partial charge in [-0.05, 0) is 50.3 Å². The predicted molar refractivity (Wildman–Crippen MR) is 101 cm³/mol. The summed E-state index contributed by atoms with van der Waals surface area (Å²) in [4.78, 5) is 17.2. The standard InChI is InChI=1S/C20H25N3O2/c1-3-21(4-2)14-9-15-22-17-11-6-5-10-16(17)20(24)23(25)19-13-8-7-12-18(19)22/h5-8,10-13,25H,3-4,9,14-15H2,1-2H3. The first kappa shape index (κ1) is 17.5. The number of hydrogen-bond acceptors (Lipinski definition) is 4. The molecule has 1 heterocycles. The predicted octanol–water partition coefficient (Wildman–Crippen LogP) is 3.91. The fraction of sp³-hybridized carbons (Fsp3) is 0.350. The normalized spacial score (nSPS) is 13.7. The van der Waals surface area contributed by atoms with Crippen molar-refractivity contribution in [1.82, 2.24) is 4.90 Å². The largest absolute Gasteiger partial charge is 0.339 e. The molecule has 0 aromatic heterocycles. The number of fused-ring (bicyclic) bond motifs is 2. The fourth-order valence-electron chi connectivity index (χ4n) is 3.35. The van der Waals surface area contributed by atoms with Crippen LogP contribution in [0.4, 0.5) is 17.1 Å². The van der Waals surface area contributed by atoms with E-state index in [4.69, 9.17) is 0 Å². The molecule has 0 saturated carbocycles. The highest BCUT2D eigenvalue weighted by Crippen LogP contribution is 2.39. The number of carbonyl (C=O) groups is 1. The van der Waals surface area contributed by atoms with Gasteiger partial charge in [-0.3, -0.25) is 10.0 Å². The van der Waals surface area contributed by atoms with E-state index in [2.05, 4.69) is 23.6 Å². The third kappa shape index (κ3) is 3.38. The Labute approximate surface area is 149 Å². The zero-order chi connectivity index (χ0) is 17.8. The van der Waals surface area contributed by atoms with E-state index in [9.17, 15) is 10.0 Å². The summed E-state index contributed by atoms with van der Waals surface area (Å²) in [5, 5.41) is 11.2. The van der Waals surface area contributed by atoms with E-state index >= 15 is 0 Å². The Morgan fingerprint density at radius 3 is 2.20 bits per heavy atom. The molecule has 3 rings (SSSR count). The van der Waals surface area contributed by atoms with Crippen LogP contribution in [0.5, 0.6) is 0 Å². The van der Waals surface area contributed by atoms with Gasteiger partial charge in [0.1, 0.15) is 0 Å². The van der Waals surface area contributed by atoms with E-state index < -0.39 is 5.91 Å². The van der Waals surface area contributed by atoms with E-state index in [1.165, 1.54) is 0 Å². The van der Waals surface area contributed by atoms with Gasteiger partial charge in [0.25, 0.3) is 5.91 Å². The highest BCUT2D eigenvalue weighted by molar-refractivity contribution is 6.12. The molecule has 1 N–H and O–H groups in total. The number of anilines is 3. The van der Waals surface area contributed by atoms with Crippen molar-refractivity contribution in [1.29, 1.82) is 0 Å². The monoisotopic (exact) mass is 339 g/mol. The molecule has 2 aromatic carbocycles. The number of para-hydroxylation sites is 3. The second-order valence-electron chi connectivity index (χ2n) is 6.15. The topological polar surface area (TPSA) is 47.0 Å². The van der Waals surface area contributed by atoms with Gasteiger partial charge in [0.2, 0.25) is 0 Å². The van der Waals surface area contributed by atoms with Crippen LogP contribution in [0.15, 0.2) is 48.5 Å². The molecule has 5 heteroatoms. The fourth-order valence-corrected chi connectivity index (χ4v) is 3.35. The zero-order valence-electron chi connectivity index (χ0n) is 14.9. The first-order valence-electron chi connectivity index (χ1n) is 8.88. The summed E-state index contributed by atoms with van der Waals surface area (Å²) in [5.41, 5.74) is 2.73. The molecule has 0 radical (unpaired) electrons. The number of hydroxylamine groups is 1. The van der Waals surface area contributed by atoms with Crippen LogP contribution in [0, 0.1) is 0 Å². The number of carbonyl (C=O) groups excluding carboxylic acids is 1. The molecule has 0 saturated heterocycles. The number of benzene rings is 2. The van der Waals surface area contributed by atoms with E-state index in [1.807, 2.05) is 36.4 Å². The Hall–Kier alpha value is -2.37. The second-order valence-corrected chi connectivity index (χ2v) is 6.15. The SMILES string of the molecule is CCN(CC)CCCN1c2ccccc2C(=O)N(O)c2ccccc21. The van der Waals surface area contributed by atoms with Crippen LogP contribution >= 0.6 is 0 Å². The molecule has 0 fully saturated rings. The lowest BCUT2D eigenvalue weighted by Gasteiger charge is -2.27. The lowest BCUT2D eigenvalue weighted by Crippen LogP contribution is -2.28. The van der Waals surface area contributed by atoms with Crippen LogP contribution in [0.1, 0.15) is 30.6 Å². The van der Waals surface area contributed by atoms with Crippen LogP contribution in [-0.2, 0) is 0 Å². The maximum Gasteiger partial charge on any atom is 0.284 e. The molecule has 0 unspecified atom stereocenters. The van der Waals surface area contributed by atoms with Crippen LogP contribution in [-0.4, -0.2) is 42.2 Å². The molecule has 132 valence electrons. The summed E-state index contributed by atoms with van der Waals surface area (Å²) in [6.07, 6.45) is 0.976. The highest BCUT2D eigenvalue weighted by Gasteiger charge is 2.29. The molecular weight excluding hydrogens is 314 g/mol. The first-order chi connectivity index (χ1) is 12.2. The molecule has 2 aromatic rings. The Morgan fingerprint density at radius 2 is 1.52 bits per heavy atom. The van der Waals surface area contributed by atoms with Gasteiger partial charge in [-0.15, -0.1) is 0 Å². The molecule has 1 aliphatic heterocycles. The molecule has 0 bridgehead atoms. The summed E-state index contributed by atoms with van der Waals surface area (Å²) < 4.78 is 0. The molecule has 0 aliphatic carbocycles. The highest BCUT2D eigenvalue weighted by atomic mass is 16.5. The quantitative estimate of drug-likeness (QED) is 0.811. The summed E-state index contributed by atoms with van der Waals surface area (Å²) >= 11 is 0. The van der Waals surface area contributed by atoms with Gasteiger partial charge in [-0.25, -0.2) is 0 Å². The van der Waals surface area contributed by atoms with Crippen molar-refractivity contribution in [2.24, 2.45) is 0 Å². The Balaban J connectivity index is 1.97. The minimum atomic E-state index is -0.394. The minimum absolute atomic E-state index is 0.394. The van der Waals surface area contributed by atoms with Crippen molar-refractivity contribution >= 4 is 23.0 Å². The Bertz CT molecular complexity index is 743. The van der Waals surface area contributed by atoms with Gasteiger partial charge >= 0.3 is 0 Å². The van der Waals surface area contributed by atoms with Gasteiger partial charge in [0.05, 0.1) is 22.6 Å². The number of amides is 1. The molecule has 0 spiro atoms. The minimum Gasteiger partial charge on any atom is -0.339 e. The third-order valence-corrected chi connectivity index (χ3v) is 4.77. The van der Waals surface area contributed by atoms with Gasteiger partial charge in [-0.1, -0.05) is 38.1 Å². The average Bonchev–Trinajstić information content (AvgIpc) is 2.75. The molecular formula is C20H25N3O2. The number of hydrogen-bond donors (Lipinski definition) is 1. The van der Waals surface area contributed by atoms with Crippen LogP contribution < -0.4 is 9.96 Å². The van der Waals surface area contributed by atoms with Crippen molar-refractivity contribution in [3.8, 4) is 0 Å². The summed E-state index contributed by atoms with van der Waals surface area (Å²) in [5.74, 6) is -0.394. The first-order valence-corrected chi connectivity index (χ1v) is 8.88. The van der Waals surface area contributed by atoms with Gasteiger partial charge in [-0.2, -0.15) is 5.06 Å². The molecule has 1 aliphatic rings. The van der Waals surface area contributed by atoms with Gasteiger partial charge < -0.3 is 9.80 Å². The summed E-state index contributed by atoms with van der Waals surface area (Å²) in [7, 11) is 0. The molecule has 5 nitrogen and oxygen atoms in total. The lowest BCUT2D eigenvalue weighted by atomic mass is 10.1. The Morgan fingerprint density at radius 1 is 0.920 bits per heavy atom. The lowest BCUT2D eigenvalue weighted by molar-refractivity contribution is 0.0857. The number of nitrogens with zero attached hydrogens (tertiary/aromatic N) is 3. The van der Waals surface area contributed by atoms with Crippen molar-refractivity contribution < 1.29 is 10.0 Å². The second kappa shape index (κ2) is 7.68. The van der Waals surface area contributed by atoms with Crippen molar-refractivity contribution in [2.45, 2.75) is 20.3 Å². The summed E-state index contributed by atoms with van der Waals surface area (Å²) in [6.45, 7) is 8.19. The van der Waals surface area contributed by atoms with E-state index in [0.717, 1.165) is 49.0 Å². The molecule has 0 atom stereocenters. The van der Waals surface area contributed by atoms with Crippen LogP contribution in [0.25, 0.3) is 0 Å². The molecule has 25 heavy (non-hydrogen) atoms. The van der Waals surface area contributed by atoms with E-state index in [1.54, 1.807) is 12.1 Å². The number of rotatable bonds is 6. The van der Waals surface area contributed by atoms with Crippen LogP contribution in [0.2, 0.25) is 0 Å². The average molecular weight is 339 g/mol. The zero-order valence-corrected chi connectivity index (χ0v) is 14.9. The van der Waals surface area contributed by atoms with E-state index in [0.29, 0.717) is 11.3 Å². The maximum absolute atomic E-state index is 12.7. The maximum atomic E-state index is 12.7. The van der Waals surface area contributed by atoms with Crippen molar-refractivity contribution in [3.63, 3.8) is 0 Å².